The van der Waals surface area contributed by atoms with Crippen LogP contribution >= 0.6 is 0 Å². The lowest BCUT2D eigenvalue weighted by molar-refractivity contribution is 0.125. The Bertz CT molecular complexity index is 610. The second kappa shape index (κ2) is 6.63. The number of rotatable bonds is 5. The molecule has 0 aliphatic carbocycles. The smallest absolute Gasteiger partial charge is 0.256 e. The standard InChI is InChI=1S/C20H26OSi/c1-6-17-13-15-19(16-14-17)22(7-2,21-20(3,4)5)18-11-9-8-10-12-18/h6,8-16H,1,7H2,2-5H3. The summed E-state index contributed by atoms with van der Waals surface area (Å²) in [6.07, 6.45) is 1.88. The van der Waals surface area contributed by atoms with Crippen molar-refractivity contribution in [2.45, 2.75) is 39.3 Å². The third-order valence-electron chi connectivity index (χ3n) is 3.83. The van der Waals surface area contributed by atoms with Gasteiger partial charge in [0.15, 0.2) is 0 Å². The second-order valence-electron chi connectivity index (χ2n) is 6.59. The van der Waals surface area contributed by atoms with Gasteiger partial charge in [-0.05, 0) is 42.8 Å². The molecule has 0 radical (unpaired) electrons. The largest absolute Gasteiger partial charge is 0.403 e. The zero-order chi connectivity index (χ0) is 16.2. The van der Waals surface area contributed by atoms with Crippen LogP contribution in [0.15, 0.2) is 61.2 Å². The molecule has 2 rings (SSSR count). The minimum atomic E-state index is -2.23. The molecule has 2 heteroatoms. The molecular weight excluding hydrogens is 284 g/mol. The molecule has 1 unspecified atom stereocenters. The summed E-state index contributed by atoms with van der Waals surface area (Å²) in [5.74, 6) is 0. The van der Waals surface area contributed by atoms with Crippen molar-refractivity contribution in [1.29, 1.82) is 0 Å². The molecule has 2 aromatic rings. The van der Waals surface area contributed by atoms with Crippen LogP contribution in [0.5, 0.6) is 0 Å². The summed E-state index contributed by atoms with van der Waals surface area (Å²) in [5.41, 5.74) is 0.974. The van der Waals surface area contributed by atoms with Crippen molar-refractivity contribution in [3.63, 3.8) is 0 Å². The van der Waals surface area contributed by atoms with E-state index in [0.29, 0.717) is 0 Å². The van der Waals surface area contributed by atoms with Crippen molar-refractivity contribution in [2.75, 3.05) is 0 Å². The monoisotopic (exact) mass is 310 g/mol. The Morgan fingerprint density at radius 3 is 1.95 bits per heavy atom. The van der Waals surface area contributed by atoms with Gasteiger partial charge in [-0.1, -0.05) is 74.2 Å². The van der Waals surface area contributed by atoms with Crippen molar-refractivity contribution in [1.82, 2.24) is 0 Å². The van der Waals surface area contributed by atoms with E-state index >= 15 is 0 Å². The highest BCUT2D eigenvalue weighted by Crippen LogP contribution is 2.21. The van der Waals surface area contributed by atoms with E-state index in [4.69, 9.17) is 4.43 Å². The van der Waals surface area contributed by atoms with Crippen LogP contribution in [0, 0.1) is 0 Å². The van der Waals surface area contributed by atoms with Gasteiger partial charge < -0.3 is 4.43 Å². The van der Waals surface area contributed by atoms with Crippen molar-refractivity contribution in [3.05, 3.63) is 66.7 Å². The SMILES string of the molecule is C=Cc1ccc([Si](CC)(OC(C)(C)C)c2ccccc2)cc1. The Kier molecular flexibility index (Phi) is 5.04. The molecule has 0 bridgehead atoms. The van der Waals surface area contributed by atoms with Crippen LogP contribution in [0.3, 0.4) is 0 Å². The first-order valence-electron chi connectivity index (χ1n) is 7.90. The van der Waals surface area contributed by atoms with Crippen molar-refractivity contribution in [3.8, 4) is 0 Å². The molecule has 0 saturated heterocycles. The predicted molar refractivity (Wildman–Crippen MR) is 99.3 cm³/mol. The Labute approximate surface area is 135 Å². The lowest BCUT2D eigenvalue weighted by atomic mass is 10.2. The predicted octanol–water partition coefficient (Wildman–Crippen LogP) is 4.22. The summed E-state index contributed by atoms with van der Waals surface area (Å²) in [4.78, 5) is 0. The van der Waals surface area contributed by atoms with Crippen molar-refractivity contribution < 1.29 is 4.43 Å². The van der Waals surface area contributed by atoms with Crippen LogP contribution < -0.4 is 10.4 Å². The molecule has 0 aromatic heterocycles. The fraction of sp³-hybridized carbons (Fsp3) is 0.300. The fourth-order valence-corrected chi connectivity index (χ4v) is 6.89. The first-order chi connectivity index (χ1) is 10.4. The number of hydrogen-bond donors (Lipinski definition) is 0. The van der Waals surface area contributed by atoms with Crippen LogP contribution in [0.1, 0.15) is 33.3 Å². The summed E-state index contributed by atoms with van der Waals surface area (Å²) in [7, 11) is -2.23. The van der Waals surface area contributed by atoms with E-state index in [0.717, 1.165) is 11.6 Å². The lowest BCUT2D eigenvalue weighted by Crippen LogP contribution is -2.63. The molecule has 116 valence electrons. The summed E-state index contributed by atoms with van der Waals surface area (Å²) in [6, 6.07) is 20.4. The van der Waals surface area contributed by atoms with Crippen LogP contribution in [0.2, 0.25) is 6.04 Å². The minimum Gasteiger partial charge on any atom is -0.403 e. The van der Waals surface area contributed by atoms with E-state index in [9.17, 15) is 0 Å². The summed E-state index contributed by atoms with van der Waals surface area (Å²) in [5, 5.41) is 2.65. The summed E-state index contributed by atoms with van der Waals surface area (Å²) < 4.78 is 6.73. The first kappa shape index (κ1) is 16.7. The number of hydrogen-bond acceptors (Lipinski definition) is 1. The average molecular weight is 311 g/mol. The Morgan fingerprint density at radius 1 is 0.955 bits per heavy atom. The van der Waals surface area contributed by atoms with Gasteiger partial charge >= 0.3 is 0 Å². The van der Waals surface area contributed by atoms with Gasteiger partial charge in [0.25, 0.3) is 8.32 Å². The topological polar surface area (TPSA) is 9.23 Å². The van der Waals surface area contributed by atoms with Gasteiger partial charge in [0.1, 0.15) is 0 Å². The molecule has 1 nitrogen and oxygen atoms in total. The lowest BCUT2D eigenvalue weighted by Gasteiger charge is -2.38. The van der Waals surface area contributed by atoms with Crippen LogP contribution in [0.4, 0.5) is 0 Å². The molecule has 22 heavy (non-hydrogen) atoms. The zero-order valence-electron chi connectivity index (χ0n) is 14.1. The van der Waals surface area contributed by atoms with Gasteiger partial charge in [0.05, 0.1) is 0 Å². The van der Waals surface area contributed by atoms with E-state index in [2.05, 4.69) is 88.9 Å². The third kappa shape index (κ3) is 3.57. The summed E-state index contributed by atoms with van der Waals surface area (Å²) in [6.45, 7) is 12.5. The van der Waals surface area contributed by atoms with Gasteiger partial charge in [-0.25, -0.2) is 0 Å². The quantitative estimate of drug-likeness (QED) is 0.751. The van der Waals surface area contributed by atoms with Crippen LogP contribution in [-0.4, -0.2) is 13.9 Å². The normalized spacial score (nSPS) is 14.4. The highest BCUT2D eigenvalue weighted by atomic mass is 28.4. The minimum absolute atomic E-state index is 0.171. The van der Waals surface area contributed by atoms with Gasteiger partial charge in [-0.2, -0.15) is 0 Å². The molecule has 0 N–H and O–H groups in total. The third-order valence-corrected chi connectivity index (χ3v) is 8.32. The van der Waals surface area contributed by atoms with E-state index < -0.39 is 8.32 Å². The number of benzene rings is 2. The molecule has 1 atom stereocenters. The average Bonchev–Trinajstić information content (AvgIpc) is 2.53. The molecule has 0 heterocycles. The Hall–Kier alpha value is -1.64. The molecule has 0 aliphatic heterocycles. The van der Waals surface area contributed by atoms with E-state index in [-0.39, 0.29) is 5.60 Å². The highest BCUT2D eigenvalue weighted by Gasteiger charge is 2.40. The second-order valence-corrected chi connectivity index (χ2v) is 10.3. The zero-order valence-corrected chi connectivity index (χ0v) is 15.1. The van der Waals surface area contributed by atoms with Gasteiger partial charge in [0, 0.05) is 5.60 Å². The maximum atomic E-state index is 6.73. The molecule has 0 fully saturated rings. The van der Waals surface area contributed by atoms with Gasteiger partial charge in [-0.15, -0.1) is 0 Å². The Balaban J connectivity index is 2.59. The van der Waals surface area contributed by atoms with Crippen molar-refractivity contribution >= 4 is 24.8 Å². The molecule has 2 aromatic carbocycles. The maximum absolute atomic E-state index is 6.73. The molecule has 0 spiro atoms. The van der Waals surface area contributed by atoms with Crippen LogP contribution in [0.25, 0.3) is 6.08 Å². The summed E-state index contributed by atoms with van der Waals surface area (Å²) >= 11 is 0. The van der Waals surface area contributed by atoms with Gasteiger partial charge in [-0.3, -0.25) is 0 Å². The Morgan fingerprint density at radius 2 is 1.50 bits per heavy atom. The molecular formula is C20H26OSi. The molecule has 0 saturated carbocycles. The maximum Gasteiger partial charge on any atom is 0.256 e. The van der Waals surface area contributed by atoms with E-state index in [1.165, 1.54) is 10.4 Å². The first-order valence-corrected chi connectivity index (χ1v) is 10.0. The van der Waals surface area contributed by atoms with Crippen LogP contribution in [-0.2, 0) is 4.43 Å². The molecule has 0 amide bonds. The highest BCUT2D eigenvalue weighted by molar-refractivity contribution is 6.97. The fourth-order valence-electron chi connectivity index (χ4n) is 2.88. The van der Waals surface area contributed by atoms with E-state index in [1.807, 2.05) is 6.08 Å². The van der Waals surface area contributed by atoms with Gasteiger partial charge in [0.2, 0.25) is 0 Å². The van der Waals surface area contributed by atoms with Crippen molar-refractivity contribution in [2.24, 2.45) is 0 Å². The molecule has 0 aliphatic rings. The van der Waals surface area contributed by atoms with E-state index in [1.54, 1.807) is 0 Å².